The Labute approximate surface area is 322 Å². The van der Waals surface area contributed by atoms with E-state index in [1.165, 1.54) is 46.1 Å². The molecule has 0 radical (unpaired) electrons. The number of esters is 1. The molecule has 0 aromatic heterocycles. The van der Waals surface area contributed by atoms with Gasteiger partial charge < -0.3 is 68.3 Å². The fourth-order valence-electron chi connectivity index (χ4n) is 9.33. The fraction of sp³-hybridized carbons (Fsp3) is 0.564. The summed E-state index contributed by atoms with van der Waals surface area (Å²) < 4.78 is 47.2. The molecule has 2 aromatic rings. The van der Waals surface area contributed by atoms with Crippen molar-refractivity contribution in [3.8, 4) is 17.2 Å². The first-order valence-electron chi connectivity index (χ1n) is 18.0. The molecule has 3 heterocycles. The van der Waals surface area contributed by atoms with Crippen LogP contribution in [0.3, 0.4) is 0 Å². The summed E-state index contributed by atoms with van der Waals surface area (Å²) >= 11 is 0. The van der Waals surface area contributed by atoms with Gasteiger partial charge >= 0.3 is 5.97 Å². The number of hydrogen-bond acceptors (Lipinski definition) is 17. The normalized spacial score (nSPS) is 35.9. The van der Waals surface area contributed by atoms with Crippen LogP contribution in [0.1, 0.15) is 94.7 Å². The Morgan fingerprint density at radius 1 is 0.946 bits per heavy atom. The minimum atomic E-state index is -1.92. The van der Waals surface area contributed by atoms with Crippen LogP contribution in [-0.2, 0) is 43.6 Å². The van der Waals surface area contributed by atoms with E-state index < -0.39 is 117 Å². The highest BCUT2D eigenvalue weighted by Gasteiger charge is 2.59. The maximum atomic E-state index is 14.8. The first-order chi connectivity index (χ1) is 26.2. The Bertz CT molecular complexity index is 2060. The largest absolute Gasteiger partial charge is 0.507 e. The van der Waals surface area contributed by atoms with Crippen LogP contribution < -0.4 is 4.74 Å². The smallest absolute Gasteiger partial charge is 0.316 e. The number of methoxy groups -OCH3 is 4. The van der Waals surface area contributed by atoms with Gasteiger partial charge in [-0.3, -0.25) is 14.4 Å². The lowest BCUT2D eigenvalue weighted by Gasteiger charge is -2.51. The second kappa shape index (κ2) is 13.4. The van der Waals surface area contributed by atoms with Gasteiger partial charge in [-0.05, 0) is 45.4 Å². The summed E-state index contributed by atoms with van der Waals surface area (Å²) in [5.41, 5.74) is -6.73. The number of carbonyl (C=O) groups excluding carboxylic acids is 3. The fourth-order valence-corrected chi connectivity index (χ4v) is 9.33. The molecule has 17 heteroatoms. The van der Waals surface area contributed by atoms with E-state index in [-0.39, 0.29) is 40.1 Å². The zero-order valence-electron chi connectivity index (χ0n) is 32.7. The number of aliphatic hydroxyl groups excluding tert-OH is 2. The van der Waals surface area contributed by atoms with Gasteiger partial charge in [0.1, 0.15) is 41.0 Å². The van der Waals surface area contributed by atoms with Gasteiger partial charge in [0, 0.05) is 58.5 Å². The number of nitrogens with zero attached hydrogens (tertiary/aromatic N) is 1. The van der Waals surface area contributed by atoms with E-state index in [1.807, 2.05) is 0 Å². The number of carbonyl (C=O) groups is 3. The molecular formula is C39H47NO16. The summed E-state index contributed by atoms with van der Waals surface area (Å²) in [6.45, 7) is 6.34. The molecule has 0 spiro atoms. The van der Waals surface area contributed by atoms with Gasteiger partial charge in [-0.25, -0.2) is 0 Å². The van der Waals surface area contributed by atoms with Crippen LogP contribution in [0.15, 0.2) is 23.6 Å². The van der Waals surface area contributed by atoms with Crippen LogP contribution in [0.25, 0.3) is 0 Å². The summed E-state index contributed by atoms with van der Waals surface area (Å²) in [6, 6.07) is 2.34. The number of ketones is 2. The number of benzene rings is 2. The van der Waals surface area contributed by atoms with E-state index in [1.54, 1.807) is 27.9 Å². The molecule has 11 atom stereocenters. The van der Waals surface area contributed by atoms with Crippen molar-refractivity contribution < 1.29 is 77.8 Å². The molecule has 56 heavy (non-hydrogen) atoms. The third-order valence-corrected chi connectivity index (χ3v) is 12.1. The maximum absolute atomic E-state index is 14.8. The predicted molar refractivity (Wildman–Crippen MR) is 190 cm³/mol. The van der Waals surface area contributed by atoms with Crippen molar-refractivity contribution in [2.45, 2.75) is 99.9 Å². The summed E-state index contributed by atoms with van der Waals surface area (Å²) in [7, 11) is 8.71. The van der Waals surface area contributed by atoms with Crippen LogP contribution >= 0.6 is 0 Å². The topological polar surface area (TPSA) is 229 Å². The number of rotatable bonds is 7. The summed E-state index contributed by atoms with van der Waals surface area (Å²) in [5.74, 6) is -6.37. The first kappa shape index (κ1) is 39.9. The highest BCUT2D eigenvalue weighted by molar-refractivity contribution is 6.31. The maximum Gasteiger partial charge on any atom is 0.316 e. The molecule has 0 saturated carbocycles. The van der Waals surface area contributed by atoms with Gasteiger partial charge in [0.15, 0.2) is 29.5 Å². The van der Waals surface area contributed by atoms with Crippen molar-refractivity contribution in [1.29, 1.82) is 0 Å². The van der Waals surface area contributed by atoms with Crippen LogP contribution in [0.4, 0.5) is 0 Å². The van der Waals surface area contributed by atoms with Gasteiger partial charge in [-0.2, -0.15) is 0 Å². The molecule has 304 valence electrons. The lowest BCUT2D eigenvalue weighted by molar-refractivity contribution is -0.345. The molecule has 0 unspecified atom stereocenters. The van der Waals surface area contributed by atoms with Crippen LogP contribution in [0, 0.1) is 0 Å². The molecule has 17 nitrogen and oxygen atoms in total. The molecule has 2 aliphatic carbocycles. The van der Waals surface area contributed by atoms with E-state index >= 15 is 0 Å². The Balaban J connectivity index is 1.41. The zero-order valence-corrected chi connectivity index (χ0v) is 32.7. The standard InChI is InChI=1S/C39H47NO16/c1-14-32(49-7)39(4,52-10)33(50-8)36(53-14)54-19-13-37(2,48)24(34(47)51-9)15-11-16-21(27(43)20(15)19)28(44)22-18(41)12-17-30(23(22)26(16)42)55-35-29(45)25(40(5)6)31(46)38(17,3)56-35/h11-12,14,19,24,29,32-33,35-36,41,43,45-46,48H,13H2,1-10H3/t14-,19-,24-,29-,32-,33-,35+,36-,37-,38+,39+/m0/s1. The number of fused-ring (bicyclic) bond motifs is 8. The Hall–Kier alpha value is -4.33. The van der Waals surface area contributed by atoms with E-state index in [0.29, 0.717) is 0 Å². The molecule has 7 rings (SSSR count). The van der Waals surface area contributed by atoms with Gasteiger partial charge in [-0.15, -0.1) is 0 Å². The number of phenols is 2. The van der Waals surface area contributed by atoms with Crippen LogP contribution in [0.2, 0.25) is 0 Å². The van der Waals surface area contributed by atoms with Crippen LogP contribution in [0.5, 0.6) is 17.2 Å². The van der Waals surface area contributed by atoms with E-state index in [4.69, 9.17) is 37.9 Å². The summed E-state index contributed by atoms with van der Waals surface area (Å²) in [4.78, 5) is 44.3. The van der Waals surface area contributed by atoms with Crippen LogP contribution in [-0.4, -0.2) is 139 Å². The summed E-state index contributed by atoms with van der Waals surface area (Å²) in [6.07, 6.45) is -7.97. The zero-order chi connectivity index (χ0) is 41.1. The van der Waals surface area contributed by atoms with Gasteiger partial charge in [-0.1, -0.05) is 0 Å². The van der Waals surface area contributed by atoms with E-state index in [2.05, 4.69) is 0 Å². The minimum absolute atomic E-state index is 0.0162. The number of phenolic OH excluding ortho intramolecular Hbond substituents is 2. The number of aliphatic hydroxyl groups is 3. The van der Waals surface area contributed by atoms with E-state index in [9.17, 15) is 39.9 Å². The average Bonchev–Trinajstić information content (AvgIpc) is 3.12. The summed E-state index contributed by atoms with van der Waals surface area (Å²) in [5, 5.41) is 58.1. The molecule has 5 aliphatic rings. The van der Waals surface area contributed by atoms with Gasteiger partial charge in [0.05, 0.1) is 47.3 Å². The molecule has 0 amide bonds. The Kier molecular flexibility index (Phi) is 9.53. The Morgan fingerprint density at radius 3 is 2.20 bits per heavy atom. The van der Waals surface area contributed by atoms with Gasteiger partial charge in [0.25, 0.3) is 0 Å². The van der Waals surface area contributed by atoms with Crippen molar-refractivity contribution in [1.82, 2.24) is 4.90 Å². The lowest BCUT2D eigenvalue weighted by atomic mass is 9.68. The first-order valence-corrected chi connectivity index (χ1v) is 18.0. The molecule has 5 N–H and O–H groups in total. The number of likely N-dealkylation sites (N-methyl/N-ethyl adjacent to an activating group) is 1. The van der Waals surface area contributed by atoms with Gasteiger partial charge in [0.2, 0.25) is 12.1 Å². The number of hydrogen-bond donors (Lipinski definition) is 5. The molecule has 3 aliphatic heterocycles. The van der Waals surface area contributed by atoms with E-state index in [0.717, 1.165) is 13.2 Å². The van der Waals surface area contributed by atoms with Crippen molar-refractivity contribution in [3.05, 3.63) is 62.5 Å². The molecular weight excluding hydrogens is 738 g/mol. The number of ether oxygens (including phenoxy) is 8. The molecule has 1 fully saturated rings. The quantitative estimate of drug-likeness (QED) is 0.216. The molecule has 2 bridgehead atoms. The lowest BCUT2D eigenvalue weighted by Crippen LogP contribution is -2.66. The predicted octanol–water partition coefficient (Wildman–Crippen LogP) is 2.18. The highest BCUT2D eigenvalue weighted by Crippen LogP contribution is 2.57. The highest BCUT2D eigenvalue weighted by atomic mass is 16.7. The second-order valence-electron chi connectivity index (χ2n) is 15.6. The monoisotopic (exact) mass is 785 g/mol. The molecule has 2 aromatic carbocycles. The third kappa shape index (κ3) is 5.32. The average molecular weight is 786 g/mol. The Morgan fingerprint density at radius 2 is 1.61 bits per heavy atom. The third-order valence-electron chi connectivity index (χ3n) is 12.1. The minimum Gasteiger partial charge on any atom is -0.507 e. The van der Waals surface area contributed by atoms with Crippen molar-refractivity contribution in [3.63, 3.8) is 0 Å². The SMILES string of the molecule is COC(=O)[C@@H]1c2cc3c(c(O)c2[C@@H](O[C@@H]2O[C@@H](C)[C@H](OC)[C@@](C)(OC)[C@H]2OC)C[C@]1(C)O)C(=O)c1c(O)cc2c(c1C3=O)O[C@@H]1O[C@@]2(C)C(O)=C(N(C)C)[C@@H]1O. The van der Waals surface area contributed by atoms with Crippen molar-refractivity contribution in [2.24, 2.45) is 0 Å². The molecule has 1 saturated heterocycles. The number of aromatic hydroxyl groups is 2. The van der Waals surface area contributed by atoms with Crippen molar-refractivity contribution >= 4 is 17.5 Å². The second-order valence-corrected chi connectivity index (χ2v) is 15.6. The van der Waals surface area contributed by atoms with Crippen molar-refractivity contribution in [2.75, 3.05) is 42.5 Å².